The van der Waals surface area contributed by atoms with Gasteiger partial charge in [-0.2, -0.15) is 0 Å². The molecule has 2 rings (SSSR count). The van der Waals surface area contributed by atoms with Gasteiger partial charge in [-0.1, -0.05) is 0 Å². The summed E-state index contributed by atoms with van der Waals surface area (Å²) < 4.78 is 5.21. The predicted molar refractivity (Wildman–Crippen MR) is 76.6 cm³/mol. The van der Waals surface area contributed by atoms with Crippen LogP contribution in [0.2, 0.25) is 0 Å². The number of carbonyl (C=O) groups excluding carboxylic acids is 2. The van der Waals surface area contributed by atoms with Crippen LogP contribution < -0.4 is 10.6 Å². The lowest BCUT2D eigenvalue weighted by molar-refractivity contribution is -0.133. The lowest BCUT2D eigenvalue weighted by Gasteiger charge is -2.27. The highest BCUT2D eigenvalue weighted by atomic mass is 16.5. The molecule has 0 aromatic heterocycles. The third-order valence-corrected chi connectivity index (χ3v) is 3.01. The van der Waals surface area contributed by atoms with Crippen molar-refractivity contribution >= 4 is 23.2 Å². The molecular weight excluding hydrogens is 258 g/mol. The highest BCUT2D eigenvalue weighted by Crippen LogP contribution is 2.13. The molecule has 1 aliphatic heterocycles. The summed E-state index contributed by atoms with van der Waals surface area (Å²) >= 11 is 0. The van der Waals surface area contributed by atoms with Crippen LogP contribution in [-0.4, -0.2) is 49.6 Å². The SMILES string of the molecule is CC(=O)Nc1ccc(NCC(=O)N2CCOCC2)cc1. The molecule has 0 unspecified atom stereocenters. The zero-order chi connectivity index (χ0) is 14.4. The molecule has 1 heterocycles. The first-order valence-electron chi connectivity index (χ1n) is 6.62. The average Bonchev–Trinajstić information content (AvgIpc) is 2.46. The molecule has 108 valence electrons. The van der Waals surface area contributed by atoms with E-state index >= 15 is 0 Å². The fraction of sp³-hybridized carbons (Fsp3) is 0.429. The van der Waals surface area contributed by atoms with Gasteiger partial charge in [-0.05, 0) is 24.3 Å². The number of amides is 2. The first-order chi connectivity index (χ1) is 9.65. The summed E-state index contributed by atoms with van der Waals surface area (Å²) in [4.78, 5) is 24.6. The summed E-state index contributed by atoms with van der Waals surface area (Å²) in [5.74, 6) is -0.0348. The third kappa shape index (κ3) is 4.24. The topological polar surface area (TPSA) is 70.7 Å². The zero-order valence-corrected chi connectivity index (χ0v) is 11.5. The van der Waals surface area contributed by atoms with Gasteiger partial charge in [0.25, 0.3) is 0 Å². The van der Waals surface area contributed by atoms with Crippen molar-refractivity contribution in [1.29, 1.82) is 0 Å². The lowest BCUT2D eigenvalue weighted by Crippen LogP contribution is -2.43. The molecule has 6 nitrogen and oxygen atoms in total. The van der Waals surface area contributed by atoms with E-state index in [2.05, 4.69) is 10.6 Å². The van der Waals surface area contributed by atoms with E-state index in [1.807, 2.05) is 12.1 Å². The number of nitrogens with one attached hydrogen (secondary N) is 2. The Labute approximate surface area is 118 Å². The highest BCUT2D eigenvalue weighted by molar-refractivity contribution is 5.88. The first kappa shape index (κ1) is 14.3. The maximum Gasteiger partial charge on any atom is 0.242 e. The van der Waals surface area contributed by atoms with Gasteiger partial charge in [0.1, 0.15) is 0 Å². The molecule has 1 aromatic rings. The number of ether oxygens (including phenoxy) is 1. The molecular formula is C14H19N3O3. The van der Waals surface area contributed by atoms with Gasteiger partial charge < -0.3 is 20.3 Å². The Morgan fingerprint density at radius 3 is 2.35 bits per heavy atom. The molecule has 0 saturated carbocycles. The van der Waals surface area contributed by atoms with Crippen LogP contribution in [0.4, 0.5) is 11.4 Å². The van der Waals surface area contributed by atoms with Crippen LogP contribution in [0.3, 0.4) is 0 Å². The maximum absolute atomic E-state index is 11.9. The summed E-state index contributed by atoms with van der Waals surface area (Å²) in [7, 11) is 0. The van der Waals surface area contributed by atoms with E-state index in [0.717, 1.165) is 11.4 Å². The minimum atomic E-state index is -0.104. The maximum atomic E-state index is 11.9. The number of anilines is 2. The Kier molecular flexibility index (Phi) is 4.95. The van der Waals surface area contributed by atoms with E-state index in [1.54, 1.807) is 17.0 Å². The number of hydrogen-bond acceptors (Lipinski definition) is 4. The average molecular weight is 277 g/mol. The molecule has 0 spiro atoms. The Morgan fingerprint density at radius 2 is 1.75 bits per heavy atom. The van der Waals surface area contributed by atoms with Gasteiger partial charge in [0, 0.05) is 31.4 Å². The number of benzene rings is 1. The second-order valence-electron chi connectivity index (χ2n) is 4.61. The van der Waals surface area contributed by atoms with E-state index in [1.165, 1.54) is 6.92 Å². The van der Waals surface area contributed by atoms with Gasteiger partial charge in [0.2, 0.25) is 11.8 Å². The van der Waals surface area contributed by atoms with E-state index in [-0.39, 0.29) is 18.4 Å². The van der Waals surface area contributed by atoms with E-state index in [9.17, 15) is 9.59 Å². The van der Waals surface area contributed by atoms with Crippen LogP contribution in [0.25, 0.3) is 0 Å². The van der Waals surface area contributed by atoms with E-state index in [4.69, 9.17) is 4.74 Å². The van der Waals surface area contributed by atoms with Crippen molar-refractivity contribution < 1.29 is 14.3 Å². The van der Waals surface area contributed by atoms with Crippen molar-refractivity contribution in [3.63, 3.8) is 0 Å². The smallest absolute Gasteiger partial charge is 0.242 e. The van der Waals surface area contributed by atoms with Crippen LogP contribution in [0, 0.1) is 0 Å². The first-order valence-corrected chi connectivity index (χ1v) is 6.62. The molecule has 1 aromatic carbocycles. The normalized spacial score (nSPS) is 14.8. The van der Waals surface area contributed by atoms with Crippen LogP contribution in [0.5, 0.6) is 0 Å². The third-order valence-electron chi connectivity index (χ3n) is 3.01. The van der Waals surface area contributed by atoms with Gasteiger partial charge >= 0.3 is 0 Å². The Morgan fingerprint density at radius 1 is 1.15 bits per heavy atom. The summed E-state index contributed by atoms with van der Waals surface area (Å²) in [5.41, 5.74) is 1.59. The summed E-state index contributed by atoms with van der Waals surface area (Å²) in [6, 6.07) is 7.25. The number of nitrogens with zero attached hydrogens (tertiary/aromatic N) is 1. The minimum Gasteiger partial charge on any atom is -0.378 e. The molecule has 0 atom stereocenters. The van der Waals surface area contributed by atoms with Gasteiger partial charge in [-0.25, -0.2) is 0 Å². The fourth-order valence-electron chi connectivity index (χ4n) is 1.98. The van der Waals surface area contributed by atoms with Crippen LogP contribution in [0.15, 0.2) is 24.3 Å². The molecule has 0 bridgehead atoms. The molecule has 2 N–H and O–H groups in total. The fourth-order valence-corrected chi connectivity index (χ4v) is 1.98. The van der Waals surface area contributed by atoms with Gasteiger partial charge in [0.15, 0.2) is 0 Å². The highest BCUT2D eigenvalue weighted by Gasteiger charge is 2.16. The zero-order valence-electron chi connectivity index (χ0n) is 11.5. The Balaban J connectivity index is 1.81. The van der Waals surface area contributed by atoms with E-state index in [0.29, 0.717) is 26.3 Å². The summed E-state index contributed by atoms with van der Waals surface area (Å²) in [6.07, 6.45) is 0. The number of rotatable bonds is 4. The predicted octanol–water partition coefficient (Wildman–Crippen LogP) is 0.916. The van der Waals surface area contributed by atoms with Gasteiger partial charge in [-0.3, -0.25) is 9.59 Å². The van der Waals surface area contributed by atoms with Gasteiger partial charge in [0.05, 0.1) is 19.8 Å². The van der Waals surface area contributed by atoms with Gasteiger partial charge in [-0.15, -0.1) is 0 Å². The number of morpholine rings is 1. The van der Waals surface area contributed by atoms with Crippen molar-refractivity contribution in [2.24, 2.45) is 0 Å². The van der Waals surface area contributed by atoms with Crippen LogP contribution >= 0.6 is 0 Å². The molecule has 0 radical (unpaired) electrons. The Bertz CT molecular complexity index is 467. The second kappa shape index (κ2) is 6.91. The minimum absolute atomic E-state index is 0.0687. The molecule has 20 heavy (non-hydrogen) atoms. The van der Waals surface area contributed by atoms with Crippen molar-refractivity contribution in [3.05, 3.63) is 24.3 Å². The summed E-state index contributed by atoms with van der Waals surface area (Å²) in [6.45, 7) is 4.25. The number of hydrogen-bond donors (Lipinski definition) is 2. The van der Waals surface area contributed by atoms with Crippen molar-refractivity contribution in [1.82, 2.24) is 4.90 Å². The standard InChI is InChI=1S/C14H19N3O3/c1-11(18)16-13-4-2-12(3-5-13)15-10-14(19)17-6-8-20-9-7-17/h2-5,15H,6-10H2,1H3,(H,16,18). The number of carbonyl (C=O) groups is 2. The van der Waals surface area contributed by atoms with Crippen molar-refractivity contribution in [2.75, 3.05) is 43.5 Å². The molecule has 6 heteroatoms. The monoisotopic (exact) mass is 277 g/mol. The quantitative estimate of drug-likeness (QED) is 0.858. The van der Waals surface area contributed by atoms with E-state index < -0.39 is 0 Å². The van der Waals surface area contributed by atoms with Crippen LogP contribution in [-0.2, 0) is 14.3 Å². The van der Waals surface area contributed by atoms with Crippen molar-refractivity contribution in [3.8, 4) is 0 Å². The molecule has 1 fully saturated rings. The molecule has 1 saturated heterocycles. The lowest BCUT2D eigenvalue weighted by atomic mass is 10.2. The molecule has 0 aliphatic carbocycles. The summed E-state index contributed by atoms with van der Waals surface area (Å²) in [5, 5.41) is 5.77. The van der Waals surface area contributed by atoms with Crippen molar-refractivity contribution in [2.45, 2.75) is 6.92 Å². The second-order valence-corrected chi connectivity index (χ2v) is 4.61. The Hall–Kier alpha value is -2.08. The molecule has 2 amide bonds. The molecule has 1 aliphatic rings. The largest absolute Gasteiger partial charge is 0.378 e. The van der Waals surface area contributed by atoms with Crippen LogP contribution in [0.1, 0.15) is 6.92 Å².